The summed E-state index contributed by atoms with van der Waals surface area (Å²) in [6.07, 6.45) is 0.485. The molecule has 6 heteroatoms. The number of rotatable bonds is 5. The Hall–Kier alpha value is -2.47. The summed E-state index contributed by atoms with van der Waals surface area (Å²) in [5, 5.41) is 2.87. The number of ether oxygens (including phenoxy) is 1. The van der Waals surface area contributed by atoms with E-state index >= 15 is 0 Å². The van der Waals surface area contributed by atoms with Crippen LogP contribution in [0.2, 0.25) is 0 Å². The fourth-order valence-corrected chi connectivity index (χ4v) is 3.62. The molecule has 0 saturated carbocycles. The molecule has 0 atom stereocenters. The van der Waals surface area contributed by atoms with Gasteiger partial charge in [-0.05, 0) is 36.8 Å². The van der Waals surface area contributed by atoms with Gasteiger partial charge in [-0.2, -0.15) is 0 Å². The molecular weight excluding hydrogens is 348 g/mol. The van der Waals surface area contributed by atoms with Gasteiger partial charge < -0.3 is 15.0 Å². The number of benzene rings is 2. The molecule has 0 radical (unpaired) electrons. The van der Waals surface area contributed by atoms with Crippen LogP contribution in [0.5, 0.6) is 5.75 Å². The second-order valence-corrected chi connectivity index (χ2v) is 7.33. The minimum Gasteiger partial charge on any atom is -0.491 e. The van der Waals surface area contributed by atoms with Gasteiger partial charge in [-0.15, -0.1) is 11.8 Å². The molecule has 0 aliphatic carbocycles. The zero-order chi connectivity index (χ0) is 18.5. The highest BCUT2D eigenvalue weighted by atomic mass is 32.2. The number of likely N-dealkylation sites (N-methyl/N-ethyl adjacent to an activating group) is 1. The van der Waals surface area contributed by atoms with E-state index in [0.717, 1.165) is 22.0 Å². The third-order valence-electron chi connectivity index (χ3n) is 4.21. The molecule has 2 aromatic rings. The number of hydrogen-bond acceptors (Lipinski definition) is 4. The van der Waals surface area contributed by atoms with Crippen molar-refractivity contribution < 1.29 is 14.3 Å². The fourth-order valence-electron chi connectivity index (χ4n) is 2.69. The van der Waals surface area contributed by atoms with Crippen molar-refractivity contribution in [2.75, 3.05) is 31.3 Å². The van der Waals surface area contributed by atoms with Crippen LogP contribution in [0, 0.1) is 6.92 Å². The molecule has 0 fully saturated rings. The molecule has 1 N–H and O–H groups in total. The number of nitrogens with zero attached hydrogens (tertiary/aromatic N) is 1. The Morgan fingerprint density at radius 1 is 1.27 bits per heavy atom. The molecule has 2 aromatic carbocycles. The average molecular weight is 370 g/mol. The molecule has 0 aromatic heterocycles. The van der Waals surface area contributed by atoms with Crippen molar-refractivity contribution in [1.82, 2.24) is 4.90 Å². The maximum absolute atomic E-state index is 12.7. The number of aryl methyl sites for hydroxylation is 1. The molecule has 0 bridgehead atoms. The highest BCUT2D eigenvalue weighted by Gasteiger charge is 2.17. The van der Waals surface area contributed by atoms with Crippen molar-refractivity contribution in [3.8, 4) is 5.75 Å². The molecule has 1 aliphatic heterocycles. The summed E-state index contributed by atoms with van der Waals surface area (Å²) in [7, 11) is 1.75. The molecule has 0 spiro atoms. The molecule has 136 valence electrons. The van der Waals surface area contributed by atoms with Crippen LogP contribution in [-0.4, -0.2) is 42.7 Å². The summed E-state index contributed by atoms with van der Waals surface area (Å²) in [5.74, 6) is 1.48. The molecule has 0 saturated heterocycles. The van der Waals surface area contributed by atoms with Crippen molar-refractivity contribution >= 4 is 29.3 Å². The first-order chi connectivity index (χ1) is 12.5. The summed E-state index contributed by atoms with van der Waals surface area (Å²) < 4.78 is 5.76. The van der Waals surface area contributed by atoms with Gasteiger partial charge in [0, 0.05) is 29.7 Å². The Kier molecular flexibility index (Phi) is 5.83. The lowest BCUT2D eigenvalue weighted by atomic mass is 10.1. The smallest absolute Gasteiger partial charge is 0.253 e. The largest absolute Gasteiger partial charge is 0.491 e. The lowest BCUT2D eigenvalue weighted by Gasteiger charge is -2.19. The minimum absolute atomic E-state index is 0.0131. The van der Waals surface area contributed by atoms with E-state index in [1.165, 1.54) is 0 Å². The average Bonchev–Trinajstić information content (AvgIpc) is 2.82. The van der Waals surface area contributed by atoms with E-state index in [0.29, 0.717) is 30.8 Å². The first-order valence-electron chi connectivity index (χ1n) is 8.55. The van der Waals surface area contributed by atoms with Crippen LogP contribution in [0.15, 0.2) is 47.4 Å². The van der Waals surface area contributed by atoms with Gasteiger partial charge in [0.2, 0.25) is 5.91 Å². The minimum atomic E-state index is -0.0929. The number of nitrogens with one attached hydrogen (secondary N) is 1. The molecule has 3 rings (SSSR count). The summed E-state index contributed by atoms with van der Waals surface area (Å²) in [5.41, 5.74) is 2.35. The summed E-state index contributed by atoms with van der Waals surface area (Å²) >= 11 is 1.63. The SMILES string of the molecule is Cc1ccccc1OCCN(C)C(=O)c1ccc2c(c1)NC(=O)CCS2. The van der Waals surface area contributed by atoms with Gasteiger partial charge in [0.25, 0.3) is 5.91 Å². The Morgan fingerprint density at radius 2 is 2.08 bits per heavy atom. The Labute approximate surface area is 157 Å². The third-order valence-corrected chi connectivity index (χ3v) is 5.29. The number of carbonyl (C=O) groups excluding carboxylic acids is 2. The molecule has 1 aliphatic rings. The van der Waals surface area contributed by atoms with E-state index < -0.39 is 0 Å². The number of thioether (sulfide) groups is 1. The van der Waals surface area contributed by atoms with Crippen LogP contribution in [0.25, 0.3) is 0 Å². The van der Waals surface area contributed by atoms with Crippen molar-refractivity contribution in [2.24, 2.45) is 0 Å². The van der Waals surface area contributed by atoms with Crippen LogP contribution in [0.3, 0.4) is 0 Å². The molecule has 0 unspecified atom stereocenters. The number of para-hydroxylation sites is 1. The third kappa shape index (κ3) is 4.38. The van der Waals surface area contributed by atoms with Crippen LogP contribution in [0.1, 0.15) is 22.3 Å². The van der Waals surface area contributed by atoms with Gasteiger partial charge >= 0.3 is 0 Å². The molecular formula is C20H22N2O3S. The van der Waals surface area contributed by atoms with Crippen molar-refractivity contribution in [2.45, 2.75) is 18.2 Å². The van der Waals surface area contributed by atoms with E-state index in [1.54, 1.807) is 29.8 Å². The Bertz CT molecular complexity index is 822. The number of amides is 2. The monoisotopic (exact) mass is 370 g/mol. The summed E-state index contributed by atoms with van der Waals surface area (Å²) in [4.78, 5) is 27.0. The maximum atomic E-state index is 12.7. The fraction of sp³-hybridized carbons (Fsp3) is 0.300. The molecule has 5 nitrogen and oxygen atoms in total. The number of carbonyl (C=O) groups is 2. The van der Waals surface area contributed by atoms with Crippen LogP contribution >= 0.6 is 11.8 Å². The topological polar surface area (TPSA) is 58.6 Å². The summed E-state index contributed by atoms with van der Waals surface area (Å²) in [6.45, 7) is 2.89. The van der Waals surface area contributed by atoms with Gasteiger partial charge in [-0.25, -0.2) is 0 Å². The second-order valence-electron chi connectivity index (χ2n) is 6.20. The first-order valence-corrected chi connectivity index (χ1v) is 9.54. The molecule has 2 amide bonds. The van der Waals surface area contributed by atoms with E-state index in [2.05, 4.69) is 5.32 Å². The van der Waals surface area contributed by atoms with Crippen molar-refractivity contribution in [3.05, 3.63) is 53.6 Å². The van der Waals surface area contributed by atoms with Crippen LogP contribution in [0.4, 0.5) is 5.69 Å². The Balaban J connectivity index is 1.61. The lowest BCUT2D eigenvalue weighted by molar-refractivity contribution is -0.115. The molecule has 26 heavy (non-hydrogen) atoms. The summed E-state index contributed by atoms with van der Waals surface area (Å²) in [6, 6.07) is 13.3. The first kappa shape index (κ1) is 18.3. The quantitative estimate of drug-likeness (QED) is 0.874. The zero-order valence-electron chi connectivity index (χ0n) is 15.0. The lowest BCUT2D eigenvalue weighted by Crippen LogP contribution is -2.31. The van der Waals surface area contributed by atoms with Crippen LogP contribution in [-0.2, 0) is 4.79 Å². The number of fused-ring (bicyclic) bond motifs is 1. The van der Waals surface area contributed by atoms with E-state index in [4.69, 9.17) is 4.74 Å². The van der Waals surface area contributed by atoms with Crippen molar-refractivity contribution in [1.29, 1.82) is 0 Å². The van der Waals surface area contributed by atoms with Gasteiger partial charge in [0.05, 0.1) is 12.2 Å². The van der Waals surface area contributed by atoms with Gasteiger partial charge in [-0.1, -0.05) is 18.2 Å². The van der Waals surface area contributed by atoms with Gasteiger partial charge in [0.1, 0.15) is 12.4 Å². The van der Waals surface area contributed by atoms with Crippen LogP contribution < -0.4 is 10.1 Å². The molecule has 1 heterocycles. The van der Waals surface area contributed by atoms with Gasteiger partial charge in [0.15, 0.2) is 0 Å². The number of hydrogen-bond donors (Lipinski definition) is 1. The second kappa shape index (κ2) is 8.27. The standard InChI is InChI=1S/C20H22N2O3S/c1-14-5-3-4-6-17(14)25-11-10-22(2)20(24)15-7-8-18-16(13-15)21-19(23)9-12-26-18/h3-8,13H,9-12H2,1-2H3,(H,21,23). The Morgan fingerprint density at radius 3 is 2.88 bits per heavy atom. The highest BCUT2D eigenvalue weighted by Crippen LogP contribution is 2.31. The normalized spacial score (nSPS) is 13.4. The number of anilines is 1. The predicted octanol–water partition coefficient (Wildman–Crippen LogP) is 3.58. The van der Waals surface area contributed by atoms with E-state index in [-0.39, 0.29) is 11.8 Å². The zero-order valence-corrected chi connectivity index (χ0v) is 15.8. The maximum Gasteiger partial charge on any atom is 0.253 e. The van der Waals surface area contributed by atoms with E-state index in [1.807, 2.05) is 43.3 Å². The highest BCUT2D eigenvalue weighted by molar-refractivity contribution is 7.99. The van der Waals surface area contributed by atoms with Crippen molar-refractivity contribution in [3.63, 3.8) is 0 Å². The predicted molar refractivity (Wildman–Crippen MR) is 104 cm³/mol. The van der Waals surface area contributed by atoms with Gasteiger partial charge in [-0.3, -0.25) is 9.59 Å². The van der Waals surface area contributed by atoms with E-state index in [9.17, 15) is 9.59 Å².